The first kappa shape index (κ1) is 19.9. The zero-order chi connectivity index (χ0) is 20.1. The van der Waals surface area contributed by atoms with E-state index in [2.05, 4.69) is 17.3 Å². The fourth-order valence-electron chi connectivity index (χ4n) is 3.48. The summed E-state index contributed by atoms with van der Waals surface area (Å²) in [6.45, 7) is 4.64. The molecule has 1 unspecified atom stereocenters. The van der Waals surface area contributed by atoms with Crippen molar-refractivity contribution in [2.75, 3.05) is 33.3 Å². The van der Waals surface area contributed by atoms with E-state index in [0.717, 1.165) is 36.2 Å². The van der Waals surface area contributed by atoms with Crippen LogP contribution in [0.25, 0.3) is 11.1 Å². The lowest BCUT2D eigenvalue weighted by Crippen LogP contribution is -2.30. The number of nitrogens with two attached hydrogens (primary N) is 1. The fourth-order valence-corrected chi connectivity index (χ4v) is 3.48. The Morgan fingerprint density at radius 3 is 2.61 bits per heavy atom. The Hall–Kier alpha value is -2.86. The third kappa shape index (κ3) is 5.10. The minimum Gasteiger partial charge on any atom is -0.483 e. The average Bonchev–Trinajstić information content (AvgIpc) is 3.10. The molecule has 2 amide bonds. The van der Waals surface area contributed by atoms with Crippen molar-refractivity contribution in [3.63, 3.8) is 0 Å². The van der Waals surface area contributed by atoms with E-state index in [4.69, 9.17) is 10.5 Å². The number of nitrogens with one attached hydrogen (secondary N) is 1. The first-order valence-electron chi connectivity index (χ1n) is 9.51. The minimum atomic E-state index is -0.521. The normalized spacial score (nSPS) is 16.7. The Bertz CT molecular complexity index is 849. The predicted molar refractivity (Wildman–Crippen MR) is 109 cm³/mol. The molecule has 0 radical (unpaired) electrons. The molecule has 28 heavy (non-hydrogen) atoms. The molecule has 3 N–H and O–H groups in total. The van der Waals surface area contributed by atoms with Crippen LogP contribution in [0.5, 0.6) is 5.75 Å². The van der Waals surface area contributed by atoms with Crippen molar-refractivity contribution in [3.05, 3.63) is 53.6 Å². The molecule has 3 rings (SSSR count). The van der Waals surface area contributed by atoms with Crippen molar-refractivity contribution in [2.24, 2.45) is 11.7 Å². The van der Waals surface area contributed by atoms with Gasteiger partial charge >= 0.3 is 0 Å². The summed E-state index contributed by atoms with van der Waals surface area (Å²) in [5.74, 6) is 0.528. The minimum absolute atomic E-state index is 0.0597. The van der Waals surface area contributed by atoms with E-state index in [-0.39, 0.29) is 12.5 Å². The summed E-state index contributed by atoms with van der Waals surface area (Å²) in [4.78, 5) is 25.7. The Morgan fingerprint density at radius 1 is 1.21 bits per heavy atom. The average molecular weight is 381 g/mol. The van der Waals surface area contributed by atoms with E-state index in [0.29, 0.717) is 23.8 Å². The number of primary amides is 1. The molecule has 2 aromatic rings. The number of hydrogen-bond donors (Lipinski definition) is 2. The van der Waals surface area contributed by atoms with Gasteiger partial charge in [0.05, 0.1) is 0 Å². The highest BCUT2D eigenvalue weighted by molar-refractivity contribution is 5.94. The van der Waals surface area contributed by atoms with Crippen LogP contribution >= 0.6 is 0 Å². The molecule has 6 nitrogen and oxygen atoms in total. The molecule has 0 saturated carbocycles. The summed E-state index contributed by atoms with van der Waals surface area (Å²) in [6.07, 6.45) is 1.12. The summed E-state index contributed by atoms with van der Waals surface area (Å²) in [5, 5.41) is 3.03. The molecule has 1 atom stereocenters. The molecular formula is C22H27N3O3. The van der Waals surface area contributed by atoms with Crippen molar-refractivity contribution in [1.29, 1.82) is 0 Å². The standard InChI is InChI=1S/C22H27N3O3/c1-15-3-8-20(28-14-21(23)26)19(11-15)17-4-6-18(7-5-17)22(27)24-12-16-9-10-25(2)13-16/h3-8,11,16H,9-10,12-14H2,1-2H3,(H2,23,26)(H,24,27). The van der Waals surface area contributed by atoms with Gasteiger partial charge < -0.3 is 20.7 Å². The molecule has 1 fully saturated rings. The van der Waals surface area contributed by atoms with Crippen molar-refractivity contribution in [1.82, 2.24) is 10.2 Å². The number of likely N-dealkylation sites (tertiary alicyclic amines) is 1. The van der Waals surface area contributed by atoms with Crippen molar-refractivity contribution >= 4 is 11.8 Å². The number of carbonyl (C=O) groups excluding carboxylic acids is 2. The van der Waals surface area contributed by atoms with Gasteiger partial charge in [-0.1, -0.05) is 23.8 Å². The van der Waals surface area contributed by atoms with E-state index in [9.17, 15) is 9.59 Å². The lowest BCUT2D eigenvalue weighted by atomic mass is 10.0. The topological polar surface area (TPSA) is 84.7 Å². The van der Waals surface area contributed by atoms with E-state index >= 15 is 0 Å². The van der Waals surface area contributed by atoms with Crippen LogP contribution < -0.4 is 15.8 Å². The number of aryl methyl sites for hydroxylation is 1. The molecule has 0 bridgehead atoms. The SMILES string of the molecule is Cc1ccc(OCC(N)=O)c(-c2ccc(C(=O)NCC3CCN(C)C3)cc2)c1. The van der Waals surface area contributed by atoms with Crippen LogP contribution in [0, 0.1) is 12.8 Å². The molecule has 1 aliphatic rings. The second-order valence-corrected chi connectivity index (χ2v) is 7.46. The molecule has 1 saturated heterocycles. The molecule has 0 aromatic heterocycles. The summed E-state index contributed by atoms with van der Waals surface area (Å²) >= 11 is 0. The summed E-state index contributed by atoms with van der Waals surface area (Å²) in [5.41, 5.74) is 8.66. The maximum absolute atomic E-state index is 12.4. The lowest BCUT2D eigenvalue weighted by Gasteiger charge is -2.13. The van der Waals surface area contributed by atoms with Crippen molar-refractivity contribution in [3.8, 4) is 16.9 Å². The Balaban J connectivity index is 1.69. The van der Waals surface area contributed by atoms with Crippen LogP contribution in [0.2, 0.25) is 0 Å². The van der Waals surface area contributed by atoms with E-state index in [1.807, 2.05) is 49.4 Å². The van der Waals surface area contributed by atoms with E-state index in [1.54, 1.807) is 0 Å². The highest BCUT2D eigenvalue weighted by atomic mass is 16.5. The number of benzene rings is 2. The Kier molecular flexibility index (Phi) is 6.31. The smallest absolute Gasteiger partial charge is 0.255 e. The van der Waals surface area contributed by atoms with Crippen LogP contribution in [-0.4, -0.2) is 50.0 Å². The number of amides is 2. The molecule has 1 heterocycles. The van der Waals surface area contributed by atoms with Crippen LogP contribution in [0.3, 0.4) is 0 Å². The third-order valence-electron chi connectivity index (χ3n) is 5.00. The van der Waals surface area contributed by atoms with Crippen LogP contribution in [0.4, 0.5) is 0 Å². The number of hydrogen-bond acceptors (Lipinski definition) is 4. The second-order valence-electron chi connectivity index (χ2n) is 7.46. The van der Waals surface area contributed by atoms with Crippen LogP contribution in [0.1, 0.15) is 22.3 Å². The Labute approximate surface area is 165 Å². The van der Waals surface area contributed by atoms with Crippen molar-refractivity contribution < 1.29 is 14.3 Å². The first-order valence-corrected chi connectivity index (χ1v) is 9.51. The zero-order valence-electron chi connectivity index (χ0n) is 16.4. The first-order chi connectivity index (χ1) is 13.4. The molecule has 6 heteroatoms. The van der Waals surface area contributed by atoms with Gasteiger partial charge in [-0.2, -0.15) is 0 Å². The number of rotatable bonds is 7. The summed E-state index contributed by atoms with van der Waals surface area (Å²) < 4.78 is 5.53. The highest BCUT2D eigenvalue weighted by Crippen LogP contribution is 2.31. The largest absolute Gasteiger partial charge is 0.483 e. The van der Waals surface area contributed by atoms with Crippen molar-refractivity contribution in [2.45, 2.75) is 13.3 Å². The molecular weight excluding hydrogens is 354 g/mol. The second kappa shape index (κ2) is 8.89. The highest BCUT2D eigenvalue weighted by Gasteiger charge is 2.20. The van der Waals surface area contributed by atoms with Gasteiger partial charge in [0.15, 0.2) is 6.61 Å². The molecule has 148 valence electrons. The quantitative estimate of drug-likeness (QED) is 0.770. The van der Waals surface area contributed by atoms with Gasteiger partial charge in [-0.3, -0.25) is 9.59 Å². The lowest BCUT2D eigenvalue weighted by molar-refractivity contribution is -0.119. The van der Waals surface area contributed by atoms with Gasteiger partial charge in [0, 0.05) is 24.2 Å². The zero-order valence-corrected chi connectivity index (χ0v) is 16.4. The number of nitrogens with zero attached hydrogens (tertiary/aromatic N) is 1. The summed E-state index contributed by atoms with van der Waals surface area (Å²) in [6, 6.07) is 13.1. The van der Waals surface area contributed by atoms with Crippen LogP contribution in [0.15, 0.2) is 42.5 Å². The summed E-state index contributed by atoms with van der Waals surface area (Å²) in [7, 11) is 2.10. The van der Waals surface area contributed by atoms with Gasteiger partial charge in [0.1, 0.15) is 5.75 Å². The maximum Gasteiger partial charge on any atom is 0.255 e. The van der Waals surface area contributed by atoms with Gasteiger partial charge in [-0.05, 0) is 62.7 Å². The van der Waals surface area contributed by atoms with Gasteiger partial charge in [0.2, 0.25) is 0 Å². The number of carbonyl (C=O) groups is 2. The molecule has 1 aliphatic heterocycles. The molecule has 0 aliphatic carbocycles. The van der Waals surface area contributed by atoms with Gasteiger partial charge in [-0.15, -0.1) is 0 Å². The van der Waals surface area contributed by atoms with Gasteiger partial charge in [0.25, 0.3) is 11.8 Å². The molecule has 2 aromatic carbocycles. The third-order valence-corrected chi connectivity index (χ3v) is 5.00. The Morgan fingerprint density at radius 2 is 1.96 bits per heavy atom. The fraction of sp³-hybridized carbons (Fsp3) is 0.364. The van der Waals surface area contributed by atoms with Crippen LogP contribution in [-0.2, 0) is 4.79 Å². The molecule has 0 spiro atoms. The monoisotopic (exact) mass is 381 g/mol. The van der Waals surface area contributed by atoms with E-state index in [1.165, 1.54) is 0 Å². The maximum atomic E-state index is 12.4. The van der Waals surface area contributed by atoms with Gasteiger partial charge in [-0.25, -0.2) is 0 Å². The predicted octanol–water partition coefficient (Wildman–Crippen LogP) is 2.21. The van der Waals surface area contributed by atoms with E-state index < -0.39 is 5.91 Å². The number of ether oxygens (including phenoxy) is 1.